The molecular weight excluding hydrogens is 348 g/mol. The van der Waals surface area contributed by atoms with Crippen molar-refractivity contribution in [3.8, 4) is 5.75 Å². The van der Waals surface area contributed by atoms with E-state index in [0.29, 0.717) is 12.1 Å². The molecule has 0 saturated heterocycles. The van der Waals surface area contributed by atoms with E-state index in [2.05, 4.69) is 34.6 Å². The Kier molecular flexibility index (Phi) is 5.02. The summed E-state index contributed by atoms with van der Waals surface area (Å²) >= 11 is 0. The molecule has 4 heteroatoms. The summed E-state index contributed by atoms with van der Waals surface area (Å²) in [6.07, 6.45) is 1.60. The number of nitrogens with zero attached hydrogens (tertiary/aromatic N) is 1. The molecule has 0 atom stereocenters. The minimum absolute atomic E-state index is 0.0204. The predicted molar refractivity (Wildman–Crippen MR) is 110 cm³/mol. The number of pyridine rings is 1. The van der Waals surface area contributed by atoms with Gasteiger partial charge in [-0.2, -0.15) is 0 Å². The van der Waals surface area contributed by atoms with E-state index in [-0.39, 0.29) is 23.1 Å². The fraction of sp³-hybridized carbons (Fsp3) is 0.0833. The first-order valence-corrected chi connectivity index (χ1v) is 9.19. The SMILES string of the molecule is O=C(NCC(c1ccccc1)c1ccccc1)c1ccc2cccnc2c1O. The van der Waals surface area contributed by atoms with E-state index in [0.717, 1.165) is 16.5 Å². The van der Waals surface area contributed by atoms with Crippen LogP contribution in [0.15, 0.2) is 91.1 Å². The summed E-state index contributed by atoms with van der Waals surface area (Å²) in [6.45, 7) is 0.423. The Morgan fingerprint density at radius 3 is 2.14 bits per heavy atom. The second-order valence-corrected chi connectivity index (χ2v) is 6.62. The second-order valence-electron chi connectivity index (χ2n) is 6.62. The van der Waals surface area contributed by atoms with Gasteiger partial charge in [-0.15, -0.1) is 0 Å². The lowest BCUT2D eigenvalue weighted by Crippen LogP contribution is -2.29. The average Bonchev–Trinajstić information content (AvgIpc) is 2.76. The zero-order valence-corrected chi connectivity index (χ0v) is 15.2. The standard InChI is InChI=1S/C24H20N2O2/c27-23-20(14-13-19-12-7-15-25-22(19)23)24(28)26-16-21(17-8-3-1-4-9-17)18-10-5-2-6-11-18/h1-15,21,27H,16H2,(H,26,28). The summed E-state index contributed by atoms with van der Waals surface area (Å²) in [5.41, 5.74) is 2.90. The molecule has 0 unspecified atom stereocenters. The van der Waals surface area contributed by atoms with Gasteiger partial charge < -0.3 is 10.4 Å². The van der Waals surface area contributed by atoms with Gasteiger partial charge in [-0.05, 0) is 23.3 Å². The first kappa shape index (κ1) is 17.7. The minimum Gasteiger partial charge on any atom is -0.505 e. The molecule has 0 aliphatic carbocycles. The predicted octanol–water partition coefficient (Wildman–Crippen LogP) is 4.50. The van der Waals surface area contributed by atoms with Crippen molar-refractivity contribution in [2.24, 2.45) is 0 Å². The van der Waals surface area contributed by atoms with Crippen molar-refractivity contribution in [1.82, 2.24) is 10.3 Å². The lowest BCUT2D eigenvalue weighted by atomic mass is 9.91. The highest BCUT2D eigenvalue weighted by molar-refractivity contribution is 6.02. The fourth-order valence-corrected chi connectivity index (χ4v) is 3.40. The third-order valence-corrected chi connectivity index (χ3v) is 4.86. The molecule has 28 heavy (non-hydrogen) atoms. The third kappa shape index (κ3) is 3.58. The van der Waals surface area contributed by atoms with Crippen molar-refractivity contribution in [3.05, 3.63) is 108 Å². The largest absolute Gasteiger partial charge is 0.505 e. The number of carbonyl (C=O) groups excluding carboxylic acids is 1. The van der Waals surface area contributed by atoms with Crippen molar-refractivity contribution in [1.29, 1.82) is 0 Å². The zero-order chi connectivity index (χ0) is 19.3. The van der Waals surface area contributed by atoms with Gasteiger partial charge in [0.15, 0.2) is 5.75 Å². The molecule has 0 fully saturated rings. The molecule has 0 radical (unpaired) electrons. The molecule has 0 saturated carbocycles. The lowest BCUT2D eigenvalue weighted by molar-refractivity contribution is 0.0950. The zero-order valence-electron chi connectivity index (χ0n) is 15.2. The molecule has 1 aromatic heterocycles. The van der Waals surface area contributed by atoms with Gasteiger partial charge in [0, 0.05) is 24.0 Å². The molecule has 4 nitrogen and oxygen atoms in total. The smallest absolute Gasteiger partial charge is 0.255 e. The molecule has 4 rings (SSSR count). The van der Waals surface area contributed by atoms with E-state index in [4.69, 9.17) is 0 Å². The Hall–Kier alpha value is -3.66. The number of phenolic OH excluding ortho intramolecular Hbond substituents is 1. The Morgan fingerprint density at radius 2 is 1.50 bits per heavy atom. The van der Waals surface area contributed by atoms with Gasteiger partial charge >= 0.3 is 0 Å². The maximum absolute atomic E-state index is 12.8. The number of fused-ring (bicyclic) bond motifs is 1. The van der Waals surface area contributed by atoms with Gasteiger partial charge in [-0.3, -0.25) is 9.78 Å². The summed E-state index contributed by atoms with van der Waals surface area (Å²) in [5, 5.41) is 14.3. The summed E-state index contributed by atoms with van der Waals surface area (Å²) in [5.74, 6) is -0.388. The van der Waals surface area contributed by atoms with Crippen LogP contribution < -0.4 is 5.32 Å². The molecule has 0 spiro atoms. The summed E-state index contributed by atoms with van der Waals surface area (Å²) in [6, 6.07) is 27.2. The van der Waals surface area contributed by atoms with Crippen LogP contribution in [0.2, 0.25) is 0 Å². The van der Waals surface area contributed by atoms with Crippen LogP contribution in [0.4, 0.5) is 0 Å². The number of phenols is 1. The van der Waals surface area contributed by atoms with Crippen LogP contribution in [0, 0.1) is 0 Å². The number of benzene rings is 3. The van der Waals surface area contributed by atoms with Crippen molar-refractivity contribution < 1.29 is 9.90 Å². The number of aromatic hydroxyl groups is 1. The molecule has 4 aromatic rings. The number of carbonyl (C=O) groups is 1. The third-order valence-electron chi connectivity index (χ3n) is 4.86. The molecule has 0 bridgehead atoms. The normalized spacial score (nSPS) is 10.9. The van der Waals surface area contributed by atoms with Crippen LogP contribution in [0.1, 0.15) is 27.4 Å². The van der Waals surface area contributed by atoms with Crippen molar-refractivity contribution in [3.63, 3.8) is 0 Å². The second kappa shape index (κ2) is 7.92. The average molecular weight is 368 g/mol. The Balaban J connectivity index is 1.59. The molecule has 0 aliphatic heterocycles. The molecule has 1 heterocycles. The summed E-state index contributed by atoms with van der Waals surface area (Å²) in [4.78, 5) is 17.0. The van der Waals surface area contributed by atoms with Crippen LogP contribution in [0.3, 0.4) is 0 Å². The van der Waals surface area contributed by atoms with E-state index in [9.17, 15) is 9.90 Å². The van der Waals surface area contributed by atoms with Crippen LogP contribution in [0.25, 0.3) is 10.9 Å². The maximum Gasteiger partial charge on any atom is 0.255 e. The molecular formula is C24H20N2O2. The molecule has 0 aliphatic rings. The first-order chi connectivity index (χ1) is 13.7. The molecule has 3 aromatic carbocycles. The minimum atomic E-state index is -0.318. The monoisotopic (exact) mass is 368 g/mol. The Labute approximate surface area is 163 Å². The number of nitrogens with one attached hydrogen (secondary N) is 1. The Bertz CT molecular complexity index is 1060. The van der Waals surface area contributed by atoms with Crippen LogP contribution in [0.5, 0.6) is 5.75 Å². The van der Waals surface area contributed by atoms with Gasteiger partial charge in [0.1, 0.15) is 5.52 Å². The molecule has 1 amide bonds. The highest BCUT2D eigenvalue weighted by Gasteiger charge is 2.18. The Morgan fingerprint density at radius 1 is 0.857 bits per heavy atom. The molecule has 138 valence electrons. The number of hydrogen-bond donors (Lipinski definition) is 2. The number of rotatable bonds is 5. The van der Waals surface area contributed by atoms with Gasteiger partial charge in [0.05, 0.1) is 5.56 Å². The number of amides is 1. The van der Waals surface area contributed by atoms with Crippen molar-refractivity contribution >= 4 is 16.8 Å². The fourth-order valence-electron chi connectivity index (χ4n) is 3.40. The van der Waals surface area contributed by atoms with E-state index < -0.39 is 0 Å². The first-order valence-electron chi connectivity index (χ1n) is 9.19. The topological polar surface area (TPSA) is 62.2 Å². The van der Waals surface area contributed by atoms with Crippen molar-refractivity contribution in [2.45, 2.75) is 5.92 Å². The highest BCUT2D eigenvalue weighted by Crippen LogP contribution is 2.27. The van der Waals surface area contributed by atoms with Crippen LogP contribution in [-0.4, -0.2) is 22.5 Å². The van der Waals surface area contributed by atoms with E-state index in [1.807, 2.05) is 42.5 Å². The van der Waals surface area contributed by atoms with Gasteiger partial charge in [0.2, 0.25) is 0 Å². The molecule has 2 N–H and O–H groups in total. The quantitative estimate of drug-likeness (QED) is 0.545. The summed E-state index contributed by atoms with van der Waals surface area (Å²) in [7, 11) is 0. The van der Waals surface area contributed by atoms with Gasteiger partial charge in [-0.25, -0.2) is 0 Å². The highest BCUT2D eigenvalue weighted by atomic mass is 16.3. The number of aromatic nitrogens is 1. The van der Waals surface area contributed by atoms with Crippen LogP contribution in [-0.2, 0) is 0 Å². The maximum atomic E-state index is 12.8. The van der Waals surface area contributed by atoms with E-state index in [1.165, 1.54) is 0 Å². The van der Waals surface area contributed by atoms with Gasteiger partial charge in [-0.1, -0.05) is 72.8 Å². The van der Waals surface area contributed by atoms with Crippen molar-refractivity contribution in [2.75, 3.05) is 6.54 Å². The van der Waals surface area contributed by atoms with E-state index >= 15 is 0 Å². The lowest BCUT2D eigenvalue weighted by Gasteiger charge is -2.19. The van der Waals surface area contributed by atoms with Gasteiger partial charge in [0.25, 0.3) is 5.91 Å². The number of hydrogen-bond acceptors (Lipinski definition) is 3. The van der Waals surface area contributed by atoms with E-state index in [1.54, 1.807) is 24.4 Å². The van der Waals surface area contributed by atoms with Crippen LogP contribution >= 0.6 is 0 Å². The summed E-state index contributed by atoms with van der Waals surface area (Å²) < 4.78 is 0.